The number of aliphatic hydroxyl groups excluding tert-OH is 1. The molecule has 0 radical (unpaired) electrons. The highest BCUT2D eigenvalue weighted by molar-refractivity contribution is 5.38. The predicted molar refractivity (Wildman–Crippen MR) is 68.5 cm³/mol. The van der Waals surface area contributed by atoms with E-state index in [9.17, 15) is 5.11 Å². The van der Waals surface area contributed by atoms with Crippen LogP contribution in [0, 0.1) is 0 Å². The molecule has 3 N–H and O–H groups in total. The van der Waals surface area contributed by atoms with E-state index in [1.807, 2.05) is 42.5 Å². The predicted octanol–water partition coefficient (Wildman–Crippen LogP) is 1.81. The minimum Gasteiger partial charge on any atom is -0.392 e. The molecule has 0 aliphatic heterocycles. The second kappa shape index (κ2) is 5.46. The second-order valence-electron chi connectivity index (χ2n) is 4.10. The van der Waals surface area contributed by atoms with E-state index >= 15 is 0 Å². The van der Waals surface area contributed by atoms with E-state index < -0.39 is 6.10 Å². The van der Waals surface area contributed by atoms with Crippen LogP contribution >= 0.6 is 0 Å². The van der Waals surface area contributed by atoms with Gasteiger partial charge in [-0.25, -0.2) is 4.98 Å². The van der Waals surface area contributed by atoms with Crippen molar-refractivity contribution in [2.75, 3.05) is 5.73 Å². The van der Waals surface area contributed by atoms with Crippen molar-refractivity contribution in [3.63, 3.8) is 0 Å². The van der Waals surface area contributed by atoms with Crippen molar-refractivity contribution in [3.8, 4) is 0 Å². The van der Waals surface area contributed by atoms with Crippen LogP contribution < -0.4 is 5.73 Å². The number of anilines is 1. The summed E-state index contributed by atoms with van der Waals surface area (Å²) in [4.78, 5) is 4.01. The minimum absolute atomic E-state index is 0.427. The van der Waals surface area contributed by atoms with Crippen molar-refractivity contribution in [1.29, 1.82) is 0 Å². The van der Waals surface area contributed by atoms with Gasteiger partial charge in [0.15, 0.2) is 0 Å². The molecule has 0 saturated heterocycles. The number of hydrogen-bond donors (Lipinski definition) is 2. The van der Waals surface area contributed by atoms with Gasteiger partial charge in [-0.2, -0.15) is 0 Å². The van der Waals surface area contributed by atoms with E-state index in [-0.39, 0.29) is 0 Å². The average Bonchev–Trinajstić information content (AvgIpc) is 2.33. The Morgan fingerprint density at radius 1 is 1.06 bits per heavy atom. The quantitative estimate of drug-likeness (QED) is 0.839. The normalized spacial score (nSPS) is 12.3. The molecule has 3 nitrogen and oxygen atoms in total. The van der Waals surface area contributed by atoms with Crippen LogP contribution in [0.15, 0.2) is 48.7 Å². The molecule has 1 unspecified atom stereocenters. The van der Waals surface area contributed by atoms with Crippen molar-refractivity contribution < 1.29 is 5.11 Å². The molecule has 0 aliphatic carbocycles. The Balaban J connectivity index is 1.98. The Hall–Kier alpha value is -1.87. The molecule has 0 amide bonds. The van der Waals surface area contributed by atoms with Gasteiger partial charge in [-0.1, -0.05) is 36.4 Å². The monoisotopic (exact) mass is 228 g/mol. The Morgan fingerprint density at radius 3 is 2.53 bits per heavy atom. The van der Waals surface area contributed by atoms with Crippen LogP contribution in [0.25, 0.3) is 0 Å². The van der Waals surface area contributed by atoms with Gasteiger partial charge >= 0.3 is 0 Å². The van der Waals surface area contributed by atoms with Crippen molar-refractivity contribution in [1.82, 2.24) is 4.98 Å². The SMILES string of the molecule is Nc1ncccc1CC(O)Cc1ccccc1. The van der Waals surface area contributed by atoms with Crippen LogP contribution in [0.2, 0.25) is 0 Å². The molecule has 1 aromatic heterocycles. The van der Waals surface area contributed by atoms with Gasteiger partial charge in [0, 0.05) is 12.6 Å². The average molecular weight is 228 g/mol. The number of aromatic nitrogens is 1. The van der Waals surface area contributed by atoms with Gasteiger partial charge in [0.1, 0.15) is 5.82 Å². The van der Waals surface area contributed by atoms with Crippen molar-refractivity contribution in [3.05, 3.63) is 59.8 Å². The van der Waals surface area contributed by atoms with Crippen LogP contribution in [0.1, 0.15) is 11.1 Å². The summed E-state index contributed by atoms with van der Waals surface area (Å²) in [5, 5.41) is 10.00. The van der Waals surface area contributed by atoms with E-state index in [0.717, 1.165) is 11.1 Å². The zero-order valence-corrected chi connectivity index (χ0v) is 9.58. The standard InChI is InChI=1S/C14H16N2O/c15-14-12(7-4-8-16-14)10-13(17)9-11-5-2-1-3-6-11/h1-8,13,17H,9-10H2,(H2,15,16). The fraction of sp³-hybridized carbons (Fsp3) is 0.214. The third-order valence-corrected chi connectivity index (χ3v) is 2.70. The first kappa shape index (κ1) is 11.6. The van der Waals surface area contributed by atoms with Gasteiger partial charge in [-0.05, 0) is 23.6 Å². The minimum atomic E-state index is -0.427. The number of rotatable bonds is 4. The topological polar surface area (TPSA) is 59.1 Å². The summed E-state index contributed by atoms with van der Waals surface area (Å²) in [5.74, 6) is 0.500. The van der Waals surface area contributed by atoms with E-state index in [0.29, 0.717) is 18.7 Å². The maximum Gasteiger partial charge on any atom is 0.126 e. The number of nitrogen functional groups attached to an aromatic ring is 1. The first-order valence-electron chi connectivity index (χ1n) is 5.67. The van der Waals surface area contributed by atoms with Gasteiger partial charge < -0.3 is 10.8 Å². The largest absolute Gasteiger partial charge is 0.392 e. The van der Waals surface area contributed by atoms with E-state index in [1.54, 1.807) is 6.20 Å². The van der Waals surface area contributed by atoms with Crippen molar-refractivity contribution in [2.45, 2.75) is 18.9 Å². The number of hydrogen-bond acceptors (Lipinski definition) is 3. The second-order valence-corrected chi connectivity index (χ2v) is 4.10. The Labute approximate surface area is 101 Å². The molecule has 2 rings (SSSR count). The van der Waals surface area contributed by atoms with Crippen LogP contribution in [0.3, 0.4) is 0 Å². The summed E-state index contributed by atoms with van der Waals surface area (Å²) in [6.07, 6.45) is 2.40. The highest BCUT2D eigenvalue weighted by atomic mass is 16.3. The number of nitrogens with two attached hydrogens (primary N) is 1. The lowest BCUT2D eigenvalue weighted by Gasteiger charge is -2.11. The lowest BCUT2D eigenvalue weighted by Crippen LogP contribution is -2.15. The van der Waals surface area contributed by atoms with Crippen LogP contribution in [-0.2, 0) is 12.8 Å². The van der Waals surface area contributed by atoms with Crippen LogP contribution in [0.5, 0.6) is 0 Å². The van der Waals surface area contributed by atoms with E-state index in [4.69, 9.17) is 5.73 Å². The molecule has 0 aliphatic rings. The third-order valence-electron chi connectivity index (χ3n) is 2.70. The molecule has 3 heteroatoms. The molecule has 0 bridgehead atoms. The Morgan fingerprint density at radius 2 is 1.82 bits per heavy atom. The Kier molecular flexibility index (Phi) is 3.73. The van der Waals surface area contributed by atoms with Gasteiger partial charge in [-0.3, -0.25) is 0 Å². The van der Waals surface area contributed by atoms with Crippen molar-refractivity contribution in [2.24, 2.45) is 0 Å². The summed E-state index contributed by atoms with van der Waals surface area (Å²) in [7, 11) is 0. The maximum absolute atomic E-state index is 10.00. The molecular weight excluding hydrogens is 212 g/mol. The van der Waals surface area contributed by atoms with Gasteiger partial charge in [0.2, 0.25) is 0 Å². The highest BCUT2D eigenvalue weighted by Gasteiger charge is 2.09. The lowest BCUT2D eigenvalue weighted by molar-refractivity contribution is 0.175. The third kappa shape index (κ3) is 3.29. The molecule has 17 heavy (non-hydrogen) atoms. The van der Waals surface area contributed by atoms with E-state index in [1.165, 1.54) is 0 Å². The van der Waals surface area contributed by atoms with E-state index in [2.05, 4.69) is 4.98 Å². The van der Waals surface area contributed by atoms with Crippen molar-refractivity contribution >= 4 is 5.82 Å². The van der Waals surface area contributed by atoms with Crippen LogP contribution in [-0.4, -0.2) is 16.2 Å². The first-order valence-corrected chi connectivity index (χ1v) is 5.67. The molecular formula is C14H16N2O. The number of benzene rings is 1. The molecule has 0 fully saturated rings. The molecule has 0 saturated carbocycles. The van der Waals surface area contributed by atoms with Gasteiger partial charge in [0.25, 0.3) is 0 Å². The zero-order valence-electron chi connectivity index (χ0n) is 9.58. The molecule has 1 heterocycles. The molecule has 88 valence electrons. The molecule has 1 atom stereocenters. The highest BCUT2D eigenvalue weighted by Crippen LogP contribution is 2.12. The maximum atomic E-state index is 10.00. The first-order chi connectivity index (χ1) is 8.25. The number of nitrogens with zero attached hydrogens (tertiary/aromatic N) is 1. The summed E-state index contributed by atoms with van der Waals surface area (Å²) < 4.78 is 0. The fourth-order valence-corrected chi connectivity index (χ4v) is 1.84. The molecule has 0 spiro atoms. The Bertz CT molecular complexity index is 471. The zero-order chi connectivity index (χ0) is 12.1. The summed E-state index contributed by atoms with van der Waals surface area (Å²) in [6.45, 7) is 0. The van der Waals surface area contributed by atoms with Gasteiger partial charge in [-0.15, -0.1) is 0 Å². The number of pyridine rings is 1. The fourth-order valence-electron chi connectivity index (χ4n) is 1.84. The molecule has 1 aromatic carbocycles. The van der Waals surface area contributed by atoms with Crippen LogP contribution in [0.4, 0.5) is 5.82 Å². The summed E-state index contributed by atoms with van der Waals surface area (Å²) in [6, 6.07) is 13.7. The molecule has 2 aromatic rings. The summed E-state index contributed by atoms with van der Waals surface area (Å²) >= 11 is 0. The number of aliphatic hydroxyl groups is 1. The van der Waals surface area contributed by atoms with Gasteiger partial charge in [0.05, 0.1) is 6.10 Å². The smallest absolute Gasteiger partial charge is 0.126 e. The summed E-state index contributed by atoms with van der Waals surface area (Å²) in [5.41, 5.74) is 7.77. The lowest BCUT2D eigenvalue weighted by atomic mass is 10.0.